The molecule has 134 valence electrons. The van der Waals surface area contributed by atoms with Crippen LogP contribution in [0.2, 0.25) is 5.02 Å². The summed E-state index contributed by atoms with van der Waals surface area (Å²) in [6, 6.07) is 13.1. The van der Waals surface area contributed by atoms with Crippen molar-refractivity contribution in [2.75, 3.05) is 5.75 Å². The molecule has 2 aromatic rings. The zero-order valence-electron chi connectivity index (χ0n) is 13.7. The number of halogens is 2. The maximum atomic E-state index is 13.7. The van der Waals surface area contributed by atoms with Crippen molar-refractivity contribution in [3.05, 3.63) is 70.5 Å². The van der Waals surface area contributed by atoms with Crippen LogP contribution in [0.1, 0.15) is 30.5 Å². The minimum Gasteiger partial charge on any atom is -0.350 e. The molecule has 1 unspecified atom stereocenters. The van der Waals surface area contributed by atoms with E-state index < -0.39 is 21.4 Å². The van der Waals surface area contributed by atoms with E-state index in [4.69, 9.17) is 11.6 Å². The Morgan fingerprint density at radius 1 is 1.16 bits per heavy atom. The van der Waals surface area contributed by atoms with E-state index in [0.717, 1.165) is 11.6 Å². The largest absolute Gasteiger partial charge is 0.350 e. The molecule has 0 fully saturated rings. The van der Waals surface area contributed by atoms with E-state index in [2.05, 4.69) is 5.32 Å². The Morgan fingerprint density at radius 3 is 2.48 bits per heavy atom. The Kier molecular flexibility index (Phi) is 6.56. The second-order valence-electron chi connectivity index (χ2n) is 5.74. The van der Waals surface area contributed by atoms with Crippen LogP contribution >= 0.6 is 11.6 Å². The Bertz CT molecular complexity index is 820. The quantitative estimate of drug-likeness (QED) is 0.793. The lowest BCUT2D eigenvalue weighted by Crippen LogP contribution is -2.28. The fraction of sp³-hybridized carbons (Fsp3) is 0.278. The molecule has 0 saturated carbocycles. The predicted octanol–water partition coefficient (Wildman–Crippen LogP) is 3.66. The van der Waals surface area contributed by atoms with Gasteiger partial charge in [0.05, 0.1) is 17.5 Å². The second-order valence-corrected chi connectivity index (χ2v) is 8.33. The van der Waals surface area contributed by atoms with Crippen molar-refractivity contribution in [3.8, 4) is 0 Å². The number of amides is 1. The normalized spacial score (nSPS) is 12.6. The topological polar surface area (TPSA) is 63.2 Å². The summed E-state index contributed by atoms with van der Waals surface area (Å²) in [7, 11) is -3.66. The van der Waals surface area contributed by atoms with Gasteiger partial charge in [0.15, 0.2) is 9.84 Å². The molecule has 2 aromatic carbocycles. The van der Waals surface area contributed by atoms with Crippen LogP contribution in [0.4, 0.5) is 4.39 Å². The molecule has 0 spiro atoms. The third-order valence-corrected chi connectivity index (χ3v) is 5.65. The molecule has 0 aliphatic heterocycles. The van der Waals surface area contributed by atoms with Crippen molar-refractivity contribution in [2.45, 2.75) is 25.1 Å². The van der Waals surface area contributed by atoms with E-state index in [9.17, 15) is 17.6 Å². The van der Waals surface area contributed by atoms with Crippen molar-refractivity contribution >= 4 is 27.3 Å². The van der Waals surface area contributed by atoms with Gasteiger partial charge in [-0.3, -0.25) is 4.79 Å². The Hall–Kier alpha value is -1.92. The van der Waals surface area contributed by atoms with E-state index in [0.29, 0.717) is 0 Å². The molecule has 0 heterocycles. The van der Waals surface area contributed by atoms with Gasteiger partial charge in [-0.2, -0.15) is 0 Å². The molecule has 0 saturated heterocycles. The van der Waals surface area contributed by atoms with Crippen LogP contribution in [0.3, 0.4) is 0 Å². The monoisotopic (exact) mass is 383 g/mol. The van der Waals surface area contributed by atoms with Crippen molar-refractivity contribution in [2.24, 2.45) is 0 Å². The van der Waals surface area contributed by atoms with E-state index in [1.165, 1.54) is 12.1 Å². The highest BCUT2D eigenvalue weighted by atomic mass is 35.5. The molecule has 1 atom stereocenters. The SMILES string of the molecule is CC(NC(=O)CCS(=O)(=O)Cc1c(F)cccc1Cl)c1ccccc1. The van der Waals surface area contributed by atoms with Gasteiger partial charge in [-0.1, -0.05) is 48.0 Å². The molecule has 0 bridgehead atoms. The molecule has 1 N–H and O–H groups in total. The van der Waals surface area contributed by atoms with Gasteiger partial charge in [0.1, 0.15) is 5.82 Å². The Labute approximate surface area is 151 Å². The molecular formula is C18H19ClFNO3S. The van der Waals surface area contributed by atoms with E-state index in [-0.39, 0.29) is 34.7 Å². The maximum absolute atomic E-state index is 13.7. The summed E-state index contributed by atoms with van der Waals surface area (Å²) < 4.78 is 38.0. The van der Waals surface area contributed by atoms with Crippen LogP contribution in [0.5, 0.6) is 0 Å². The summed E-state index contributed by atoms with van der Waals surface area (Å²) in [6.45, 7) is 1.82. The maximum Gasteiger partial charge on any atom is 0.221 e. The first-order chi connectivity index (χ1) is 11.8. The van der Waals surface area contributed by atoms with Gasteiger partial charge in [0.2, 0.25) is 5.91 Å². The van der Waals surface area contributed by atoms with Crippen molar-refractivity contribution in [1.82, 2.24) is 5.32 Å². The van der Waals surface area contributed by atoms with Crippen molar-refractivity contribution < 1.29 is 17.6 Å². The number of benzene rings is 2. The number of carbonyl (C=O) groups is 1. The standard InChI is InChI=1S/C18H19ClFNO3S/c1-13(14-6-3-2-4-7-14)21-18(22)10-11-25(23,24)12-15-16(19)8-5-9-17(15)20/h2-9,13H,10-12H2,1H3,(H,21,22). The summed E-state index contributed by atoms with van der Waals surface area (Å²) in [5.41, 5.74) is 0.860. The summed E-state index contributed by atoms with van der Waals surface area (Å²) in [5.74, 6) is -1.94. The third kappa shape index (κ3) is 5.83. The number of carbonyl (C=O) groups excluding carboxylic acids is 1. The van der Waals surface area contributed by atoms with Crippen molar-refractivity contribution in [3.63, 3.8) is 0 Å². The molecule has 0 aliphatic rings. The number of hydrogen-bond donors (Lipinski definition) is 1. The Morgan fingerprint density at radius 2 is 1.84 bits per heavy atom. The zero-order chi connectivity index (χ0) is 18.4. The highest BCUT2D eigenvalue weighted by molar-refractivity contribution is 7.90. The van der Waals surface area contributed by atoms with Crippen LogP contribution in [0.25, 0.3) is 0 Å². The van der Waals surface area contributed by atoms with Gasteiger partial charge in [-0.15, -0.1) is 0 Å². The summed E-state index contributed by atoms with van der Waals surface area (Å²) >= 11 is 5.85. The van der Waals surface area contributed by atoms with Gasteiger partial charge in [0.25, 0.3) is 0 Å². The second kappa shape index (κ2) is 8.45. The third-order valence-electron chi connectivity index (χ3n) is 3.74. The smallest absolute Gasteiger partial charge is 0.221 e. The molecule has 1 amide bonds. The first-order valence-electron chi connectivity index (χ1n) is 7.76. The lowest BCUT2D eigenvalue weighted by Gasteiger charge is -2.14. The molecule has 4 nitrogen and oxygen atoms in total. The lowest BCUT2D eigenvalue weighted by atomic mass is 10.1. The average Bonchev–Trinajstić information content (AvgIpc) is 2.57. The fourth-order valence-electron chi connectivity index (χ4n) is 2.35. The van der Waals surface area contributed by atoms with Gasteiger partial charge in [-0.05, 0) is 24.6 Å². The number of sulfone groups is 1. The summed E-state index contributed by atoms with van der Waals surface area (Å²) in [5, 5.41) is 2.81. The average molecular weight is 384 g/mol. The summed E-state index contributed by atoms with van der Waals surface area (Å²) in [6.07, 6.45) is -0.189. The lowest BCUT2D eigenvalue weighted by molar-refractivity contribution is -0.121. The fourth-order valence-corrected chi connectivity index (χ4v) is 4.03. The predicted molar refractivity (Wildman–Crippen MR) is 96.5 cm³/mol. The van der Waals surface area contributed by atoms with Crippen LogP contribution < -0.4 is 5.32 Å². The van der Waals surface area contributed by atoms with Gasteiger partial charge < -0.3 is 5.32 Å². The molecule has 7 heteroatoms. The first kappa shape index (κ1) is 19.4. The molecule has 0 radical (unpaired) electrons. The van der Waals surface area contributed by atoms with Crippen LogP contribution in [0.15, 0.2) is 48.5 Å². The highest BCUT2D eigenvalue weighted by Gasteiger charge is 2.19. The van der Waals surface area contributed by atoms with Crippen molar-refractivity contribution in [1.29, 1.82) is 0 Å². The van der Waals surface area contributed by atoms with Crippen LogP contribution in [-0.4, -0.2) is 20.1 Å². The number of nitrogens with one attached hydrogen (secondary N) is 1. The Balaban J connectivity index is 1.92. The molecule has 0 aromatic heterocycles. The van der Waals surface area contributed by atoms with Crippen LogP contribution in [0, 0.1) is 5.82 Å². The molecule has 0 aliphatic carbocycles. The van der Waals surface area contributed by atoms with Gasteiger partial charge in [0, 0.05) is 17.0 Å². The highest BCUT2D eigenvalue weighted by Crippen LogP contribution is 2.22. The first-order valence-corrected chi connectivity index (χ1v) is 9.96. The van der Waals surface area contributed by atoms with Gasteiger partial charge in [-0.25, -0.2) is 12.8 Å². The minimum absolute atomic E-state index is 0.0609. The van der Waals surface area contributed by atoms with E-state index in [1.807, 2.05) is 37.3 Å². The van der Waals surface area contributed by atoms with Gasteiger partial charge >= 0.3 is 0 Å². The molecule has 2 rings (SSSR count). The molecule has 25 heavy (non-hydrogen) atoms. The number of hydrogen-bond acceptors (Lipinski definition) is 3. The van der Waals surface area contributed by atoms with E-state index in [1.54, 1.807) is 0 Å². The van der Waals surface area contributed by atoms with E-state index >= 15 is 0 Å². The molecular weight excluding hydrogens is 365 g/mol. The van der Waals surface area contributed by atoms with Crippen LogP contribution in [-0.2, 0) is 20.4 Å². The summed E-state index contributed by atoms with van der Waals surface area (Å²) in [4.78, 5) is 12.0. The minimum atomic E-state index is -3.66. The zero-order valence-corrected chi connectivity index (χ0v) is 15.3. The number of rotatable bonds is 7.